The van der Waals surface area contributed by atoms with E-state index in [0.29, 0.717) is 0 Å². The maximum absolute atomic E-state index is 9.45. The standard InChI is InChI=1S/4C3H6O3.Zn/c4*1-2(4)3(5)6;/h4*2,4H,1H3,(H,5,6);/q;;;;+2/p-2. The van der Waals surface area contributed by atoms with Crippen LogP contribution in [-0.4, -0.2) is 78.9 Å². The van der Waals surface area contributed by atoms with Gasteiger partial charge in [-0.2, -0.15) is 0 Å². The van der Waals surface area contributed by atoms with E-state index >= 15 is 0 Å². The van der Waals surface area contributed by atoms with Crippen molar-refractivity contribution in [2.45, 2.75) is 52.1 Å². The molecular weight excluding hydrogens is 402 g/mol. The molecule has 4 atom stereocenters. The van der Waals surface area contributed by atoms with Gasteiger partial charge >= 0.3 is 31.4 Å². The molecule has 12 nitrogen and oxygen atoms in total. The van der Waals surface area contributed by atoms with Crippen molar-refractivity contribution < 1.29 is 79.5 Å². The Hall–Kier alpha value is -1.66. The van der Waals surface area contributed by atoms with Gasteiger partial charge in [0.15, 0.2) is 0 Å². The Balaban J connectivity index is -0.0000000702. The second-order valence-electron chi connectivity index (χ2n) is 4.02. The van der Waals surface area contributed by atoms with Gasteiger partial charge in [-0.15, -0.1) is 0 Å². The molecule has 4 unspecified atom stereocenters. The summed E-state index contributed by atoms with van der Waals surface area (Å²) >= 11 is 0. The molecule has 0 heterocycles. The summed E-state index contributed by atoms with van der Waals surface area (Å²) in [5, 5.41) is 66.2. The largest absolute Gasteiger partial charge is 2.00 e. The van der Waals surface area contributed by atoms with Gasteiger partial charge in [-0.3, -0.25) is 0 Å². The summed E-state index contributed by atoms with van der Waals surface area (Å²) in [6.45, 7) is 4.66. The minimum atomic E-state index is -1.44. The third-order valence-corrected chi connectivity index (χ3v) is 1.40. The van der Waals surface area contributed by atoms with Crippen molar-refractivity contribution in [2.24, 2.45) is 0 Å². The molecule has 0 spiro atoms. The smallest absolute Gasteiger partial charge is 0.547 e. The average molecular weight is 424 g/mol. The van der Waals surface area contributed by atoms with Crippen LogP contribution in [0, 0.1) is 0 Å². The summed E-state index contributed by atoms with van der Waals surface area (Å²) in [5.41, 5.74) is 0. The van der Waals surface area contributed by atoms with Crippen molar-refractivity contribution in [2.75, 3.05) is 0 Å². The summed E-state index contributed by atoms with van der Waals surface area (Å²) in [4.78, 5) is 37.6. The Kier molecular flexibility index (Phi) is 28.2. The number of aliphatic carboxylic acids is 4. The number of carboxylic acids is 4. The van der Waals surface area contributed by atoms with Crippen molar-refractivity contribution in [3.05, 3.63) is 0 Å². The molecule has 0 aromatic rings. The molecule has 25 heavy (non-hydrogen) atoms. The topological polar surface area (TPSA) is 236 Å². The van der Waals surface area contributed by atoms with Crippen LogP contribution in [-0.2, 0) is 38.7 Å². The van der Waals surface area contributed by atoms with Crippen LogP contribution >= 0.6 is 0 Å². The number of aliphatic hydroxyl groups excluding tert-OH is 4. The van der Waals surface area contributed by atoms with E-state index in [0.717, 1.165) is 13.8 Å². The van der Waals surface area contributed by atoms with Gasteiger partial charge in [-0.1, -0.05) is 0 Å². The summed E-state index contributed by atoms with van der Waals surface area (Å²) in [5.74, 6) is -5.24. The Morgan fingerprint density at radius 2 is 0.680 bits per heavy atom. The fourth-order valence-corrected chi connectivity index (χ4v) is 0. The Morgan fingerprint density at radius 3 is 0.680 bits per heavy atom. The van der Waals surface area contributed by atoms with Gasteiger partial charge in [0.2, 0.25) is 0 Å². The van der Waals surface area contributed by atoms with E-state index in [-0.39, 0.29) is 19.5 Å². The molecule has 0 aromatic carbocycles. The third kappa shape index (κ3) is 44.9. The van der Waals surface area contributed by atoms with Crippen LogP contribution in [0.5, 0.6) is 0 Å². The number of aliphatic hydroxyl groups is 4. The summed E-state index contributed by atoms with van der Waals surface area (Å²) in [7, 11) is 0. The zero-order chi connectivity index (χ0) is 20.6. The predicted molar refractivity (Wildman–Crippen MR) is 72.0 cm³/mol. The van der Waals surface area contributed by atoms with Crippen LogP contribution in [0.4, 0.5) is 0 Å². The van der Waals surface area contributed by atoms with Crippen molar-refractivity contribution in [1.82, 2.24) is 0 Å². The zero-order valence-corrected chi connectivity index (χ0v) is 17.1. The van der Waals surface area contributed by atoms with E-state index in [9.17, 15) is 29.4 Å². The fraction of sp³-hybridized carbons (Fsp3) is 0.667. The Bertz CT molecular complexity index is 306. The SMILES string of the molecule is CC(O)C(=O)O.CC(O)C(=O)O.CC(O)C(=O)[O-].CC(O)C(=O)[O-].[Zn+2]. The number of hydrogen-bond acceptors (Lipinski definition) is 10. The molecule has 0 radical (unpaired) electrons. The van der Waals surface area contributed by atoms with Crippen LogP contribution in [0.1, 0.15) is 27.7 Å². The van der Waals surface area contributed by atoms with Gasteiger partial charge in [0, 0.05) is 0 Å². The van der Waals surface area contributed by atoms with Gasteiger partial charge < -0.3 is 50.4 Å². The van der Waals surface area contributed by atoms with Crippen molar-refractivity contribution in [1.29, 1.82) is 0 Å². The molecule has 144 valence electrons. The number of rotatable bonds is 4. The Morgan fingerprint density at radius 1 is 0.600 bits per heavy atom. The minimum absolute atomic E-state index is 0. The van der Waals surface area contributed by atoms with Crippen LogP contribution < -0.4 is 10.2 Å². The molecule has 0 amide bonds. The molecule has 0 aromatic heterocycles. The summed E-state index contributed by atoms with van der Waals surface area (Å²) in [6.07, 6.45) is -5.15. The molecule has 0 rings (SSSR count). The molecule has 6 N–H and O–H groups in total. The van der Waals surface area contributed by atoms with Gasteiger partial charge in [0.05, 0.1) is 24.1 Å². The second-order valence-corrected chi connectivity index (χ2v) is 4.02. The Labute approximate surface area is 156 Å². The van der Waals surface area contributed by atoms with Crippen LogP contribution in [0.3, 0.4) is 0 Å². The van der Waals surface area contributed by atoms with Crippen LogP contribution in [0.2, 0.25) is 0 Å². The monoisotopic (exact) mass is 422 g/mol. The number of carbonyl (C=O) groups is 4. The van der Waals surface area contributed by atoms with Gasteiger partial charge in [0.25, 0.3) is 0 Å². The number of carbonyl (C=O) groups excluding carboxylic acids is 2. The van der Waals surface area contributed by atoms with E-state index < -0.39 is 48.3 Å². The molecule has 13 heteroatoms. The fourth-order valence-electron chi connectivity index (χ4n) is 0. The molecule has 0 aliphatic carbocycles. The van der Waals surface area contributed by atoms with Gasteiger partial charge in [0.1, 0.15) is 12.2 Å². The molecule has 0 saturated heterocycles. The quantitative estimate of drug-likeness (QED) is 0.233. The zero-order valence-electron chi connectivity index (χ0n) is 14.1. The van der Waals surface area contributed by atoms with E-state index in [1.165, 1.54) is 13.8 Å². The molecule has 0 aliphatic heterocycles. The first-order chi connectivity index (χ1) is 10.6. The maximum Gasteiger partial charge on any atom is 2.00 e. The first-order valence-corrected chi connectivity index (χ1v) is 6.17. The first-order valence-electron chi connectivity index (χ1n) is 6.17. The number of carboxylic acid groups (broad SMARTS) is 4. The van der Waals surface area contributed by atoms with E-state index in [4.69, 9.17) is 30.6 Å². The number of hydrogen-bond donors (Lipinski definition) is 6. The van der Waals surface area contributed by atoms with E-state index in [1.54, 1.807) is 0 Å². The van der Waals surface area contributed by atoms with Crippen LogP contribution in [0.25, 0.3) is 0 Å². The van der Waals surface area contributed by atoms with Crippen LogP contribution in [0.15, 0.2) is 0 Å². The minimum Gasteiger partial charge on any atom is -0.547 e. The molecule has 0 bridgehead atoms. The molecule has 0 saturated carbocycles. The molecular formula is C12H22O12Zn. The first kappa shape index (κ1) is 34.6. The van der Waals surface area contributed by atoms with Crippen molar-refractivity contribution in [3.63, 3.8) is 0 Å². The van der Waals surface area contributed by atoms with E-state index in [1.807, 2.05) is 0 Å². The predicted octanol–water partition coefficient (Wildman–Crippen LogP) is -4.86. The molecule has 0 aliphatic rings. The van der Waals surface area contributed by atoms with E-state index in [2.05, 4.69) is 0 Å². The normalized spacial score (nSPS) is 13.1. The maximum atomic E-state index is 9.45. The van der Waals surface area contributed by atoms with Crippen molar-refractivity contribution >= 4 is 23.9 Å². The third-order valence-electron chi connectivity index (χ3n) is 1.40. The van der Waals surface area contributed by atoms with Crippen molar-refractivity contribution in [3.8, 4) is 0 Å². The average Bonchev–Trinajstić information content (AvgIpc) is 2.40. The second kappa shape index (κ2) is 20.4. The summed E-state index contributed by atoms with van der Waals surface area (Å²) in [6, 6.07) is 0. The van der Waals surface area contributed by atoms with Gasteiger partial charge in [-0.25, -0.2) is 9.59 Å². The summed E-state index contributed by atoms with van der Waals surface area (Å²) < 4.78 is 0. The van der Waals surface area contributed by atoms with Gasteiger partial charge in [-0.05, 0) is 27.7 Å². The molecule has 0 fully saturated rings.